The highest BCUT2D eigenvalue weighted by molar-refractivity contribution is 5.92. The van der Waals surface area contributed by atoms with Crippen LogP contribution in [0.2, 0.25) is 0 Å². The van der Waals surface area contributed by atoms with Gasteiger partial charge in [-0.2, -0.15) is 5.10 Å². The summed E-state index contributed by atoms with van der Waals surface area (Å²) in [7, 11) is 0. The van der Waals surface area contributed by atoms with Crippen molar-refractivity contribution in [1.82, 2.24) is 10.4 Å². The normalized spacial score (nSPS) is 10.7. The van der Waals surface area contributed by atoms with Gasteiger partial charge in [0.05, 0.1) is 6.21 Å². The number of aromatic nitrogens is 1. The average Bonchev–Trinajstić information content (AvgIpc) is 2.87. The number of nitrogens with one attached hydrogen (secondary N) is 2. The number of nitrogens with zero attached hydrogens (tertiary/aromatic N) is 2. The number of carbonyl (C=O) groups excluding carboxylic acids is 2. The van der Waals surface area contributed by atoms with Crippen molar-refractivity contribution < 1.29 is 19.1 Å². The number of fused-ring (bicyclic) bond motifs is 1. The predicted octanol–water partition coefficient (Wildman–Crippen LogP) is 3.78. The lowest BCUT2D eigenvalue weighted by Crippen LogP contribution is -2.24. The Bertz CT molecular complexity index is 1300. The fraction of sp³-hybridized carbons (Fsp3) is 0.0769. The maximum Gasteiger partial charge on any atom is 0.277 e. The van der Waals surface area contributed by atoms with Crippen molar-refractivity contribution in [2.24, 2.45) is 5.10 Å². The average molecular weight is 454 g/mol. The van der Waals surface area contributed by atoms with Gasteiger partial charge in [0.2, 0.25) is 0 Å². The summed E-state index contributed by atoms with van der Waals surface area (Å²) in [6, 6.07) is 25.5. The number of carbonyl (C=O) groups is 2. The van der Waals surface area contributed by atoms with Crippen LogP contribution >= 0.6 is 0 Å². The van der Waals surface area contributed by atoms with Gasteiger partial charge in [-0.1, -0.05) is 48.5 Å². The first-order chi connectivity index (χ1) is 16.7. The number of ether oxygens (including phenoxy) is 2. The van der Waals surface area contributed by atoms with Crippen molar-refractivity contribution >= 4 is 34.6 Å². The molecule has 0 bridgehead atoms. The Morgan fingerprint density at radius 3 is 2.38 bits per heavy atom. The highest BCUT2D eigenvalue weighted by Gasteiger charge is 2.08. The van der Waals surface area contributed by atoms with E-state index in [2.05, 4.69) is 20.8 Å². The van der Waals surface area contributed by atoms with Crippen LogP contribution in [0.15, 0.2) is 96.2 Å². The quantitative estimate of drug-likeness (QED) is 0.296. The Morgan fingerprint density at radius 1 is 0.794 bits per heavy atom. The van der Waals surface area contributed by atoms with E-state index in [0.29, 0.717) is 28.3 Å². The second-order valence-corrected chi connectivity index (χ2v) is 7.15. The standard InChI is InChI=1S/C26H22N4O4/c31-24(29-21-11-2-1-3-12-21)17-33-22-13-5-4-8-20(22)16-28-30-25(32)18-34-23-14-6-9-19-10-7-15-27-26(19)23/h1-16H,17-18H2,(H,29,31)(H,30,32). The molecule has 0 unspecified atom stereocenters. The van der Waals surface area contributed by atoms with Crippen LogP contribution in [0.5, 0.6) is 11.5 Å². The first-order valence-electron chi connectivity index (χ1n) is 10.5. The Kier molecular flexibility index (Phi) is 7.43. The number of benzene rings is 3. The molecule has 0 fully saturated rings. The lowest BCUT2D eigenvalue weighted by atomic mass is 10.2. The van der Waals surface area contributed by atoms with Crippen LogP contribution < -0.4 is 20.2 Å². The van der Waals surface area contributed by atoms with Gasteiger partial charge in [0.15, 0.2) is 13.2 Å². The molecule has 1 aromatic heterocycles. The number of hydrazone groups is 1. The third-order valence-corrected chi connectivity index (χ3v) is 4.68. The van der Waals surface area contributed by atoms with E-state index in [1.807, 2.05) is 42.5 Å². The van der Waals surface area contributed by atoms with Crippen LogP contribution in [0.25, 0.3) is 10.9 Å². The van der Waals surface area contributed by atoms with E-state index in [9.17, 15) is 9.59 Å². The maximum atomic E-state index is 12.2. The van der Waals surface area contributed by atoms with Gasteiger partial charge in [-0.25, -0.2) is 5.43 Å². The molecule has 2 amide bonds. The lowest BCUT2D eigenvalue weighted by molar-refractivity contribution is -0.123. The summed E-state index contributed by atoms with van der Waals surface area (Å²) in [6.45, 7) is -0.385. The van der Waals surface area contributed by atoms with Gasteiger partial charge in [0, 0.05) is 22.8 Å². The number of hydrogen-bond donors (Lipinski definition) is 2. The molecule has 2 N–H and O–H groups in total. The monoisotopic (exact) mass is 454 g/mol. The number of rotatable bonds is 9. The minimum Gasteiger partial charge on any atom is -0.483 e. The largest absolute Gasteiger partial charge is 0.483 e. The third-order valence-electron chi connectivity index (χ3n) is 4.68. The van der Waals surface area contributed by atoms with Crippen LogP contribution in [0.4, 0.5) is 5.69 Å². The molecule has 0 aliphatic heterocycles. The Hall–Kier alpha value is -4.72. The fourth-order valence-electron chi connectivity index (χ4n) is 3.12. The molecule has 170 valence electrons. The summed E-state index contributed by atoms with van der Waals surface area (Å²) in [5.41, 5.74) is 4.40. The zero-order valence-electron chi connectivity index (χ0n) is 18.2. The number of hydrogen-bond acceptors (Lipinski definition) is 6. The van der Waals surface area contributed by atoms with Gasteiger partial charge >= 0.3 is 0 Å². The van der Waals surface area contributed by atoms with E-state index in [0.717, 1.165) is 5.39 Å². The van der Waals surface area contributed by atoms with Gasteiger partial charge in [-0.15, -0.1) is 0 Å². The summed E-state index contributed by atoms with van der Waals surface area (Å²) < 4.78 is 11.2. The molecule has 4 rings (SSSR count). The van der Waals surface area contributed by atoms with Crippen LogP contribution in [0.3, 0.4) is 0 Å². The predicted molar refractivity (Wildman–Crippen MR) is 130 cm³/mol. The third kappa shape index (κ3) is 6.17. The number of anilines is 1. The molecule has 0 radical (unpaired) electrons. The van der Waals surface area contributed by atoms with Crippen molar-refractivity contribution in [1.29, 1.82) is 0 Å². The molecule has 8 nitrogen and oxygen atoms in total. The molecule has 0 atom stereocenters. The van der Waals surface area contributed by atoms with Crippen molar-refractivity contribution in [2.45, 2.75) is 0 Å². The Morgan fingerprint density at radius 2 is 1.50 bits per heavy atom. The summed E-state index contributed by atoms with van der Waals surface area (Å²) in [5.74, 6) is 0.266. The van der Waals surface area contributed by atoms with Crippen molar-refractivity contribution in [3.05, 3.63) is 96.7 Å². The Balaban J connectivity index is 1.29. The van der Waals surface area contributed by atoms with Crippen LogP contribution in [-0.2, 0) is 9.59 Å². The number of pyridine rings is 1. The molecular formula is C26H22N4O4. The molecule has 0 saturated heterocycles. The van der Waals surface area contributed by atoms with E-state index in [-0.39, 0.29) is 19.1 Å². The Labute approximate surface area is 196 Å². The fourth-order valence-corrected chi connectivity index (χ4v) is 3.12. The van der Waals surface area contributed by atoms with Gasteiger partial charge in [0.1, 0.15) is 17.0 Å². The minimum atomic E-state index is -0.426. The molecule has 3 aromatic carbocycles. The molecule has 0 saturated carbocycles. The smallest absolute Gasteiger partial charge is 0.277 e. The van der Waals surface area contributed by atoms with E-state index >= 15 is 0 Å². The molecular weight excluding hydrogens is 432 g/mol. The summed E-state index contributed by atoms with van der Waals surface area (Å²) in [5, 5.41) is 7.65. The summed E-state index contributed by atoms with van der Waals surface area (Å²) in [4.78, 5) is 28.6. The van der Waals surface area contributed by atoms with Gasteiger partial charge in [-0.05, 0) is 36.4 Å². The molecule has 0 spiro atoms. The highest BCUT2D eigenvalue weighted by atomic mass is 16.5. The number of amides is 2. The molecule has 4 aromatic rings. The zero-order valence-corrected chi connectivity index (χ0v) is 18.2. The lowest BCUT2D eigenvalue weighted by Gasteiger charge is -2.09. The van der Waals surface area contributed by atoms with E-state index in [4.69, 9.17) is 9.47 Å². The van der Waals surface area contributed by atoms with Crippen molar-refractivity contribution in [2.75, 3.05) is 18.5 Å². The van der Waals surface area contributed by atoms with Crippen LogP contribution in [0, 0.1) is 0 Å². The number of para-hydroxylation sites is 3. The van der Waals surface area contributed by atoms with E-state index in [1.165, 1.54) is 6.21 Å². The van der Waals surface area contributed by atoms with E-state index in [1.54, 1.807) is 48.7 Å². The zero-order chi connectivity index (χ0) is 23.6. The molecule has 0 aliphatic carbocycles. The SMILES string of the molecule is O=C(COc1cccc2cccnc12)NN=Cc1ccccc1OCC(=O)Nc1ccccc1. The maximum absolute atomic E-state index is 12.2. The molecule has 8 heteroatoms. The topological polar surface area (TPSA) is 102 Å². The highest BCUT2D eigenvalue weighted by Crippen LogP contribution is 2.22. The molecule has 34 heavy (non-hydrogen) atoms. The molecule has 0 aliphatic rings. The minimum absolute atomic E-state index is 0.168. The van der Waals surface area contributed by atoms with Gasteiger partial charge < -0.3 is 14.8 Å². The second kappa shape index (κ2) is 11.2. The van der Waals surface area contributed by atoms with Gasteiger partial charge in [0.25, 0.3) is 11.8 Å². The van der Waals surface area contributed by atoms with Crippen molar-refractivity contribution in [3.8, 4) is 11.5 Å². The van der Waals surface area contributed by atoms with Crippen LogP contribution in [-0.4, -0.2) is 36.2 Å². The summed E-state index contributed by atoms with van der Waals surface area (Å²) >= 11 is 0. The van der Waals surface area contributed by atoms with Crippen molar-refractivity contribution in [3.63, 3.8) is 0 Å². The van der Waals surface area contributed by atoms with E-state index < -0.39 is 5.91 Å². The second-order valence-electron chi connectivity index (χ2n) is 7.15. The summed E-state index contributed by atoms with van der Waals surface area (Å²) in [6.07, 6.45) is 3.12. The first kappa shape index (κ1) is 22.5. The van der Waals surface area contributed by atoms with Crippen LogP contribution in [0.1, 0.15) is 5.56 Å². The van der Waals surface area contributed by atoms with Gasteiger partial charge in [-0.3, -0.25) is 14.6 Å². The molecule has 1 heterocycles. The first-order valence-corrected chi connectivity index (χ1v) is 10.5.